The summed E-state index contributed by atoms with van der Waals surface area (Å²) >= 11 is 0. The average Bonchev–Trinajstić information content (AvgIpc) is 2.51. The van der Waals surface area contributed by atoms with Gasteiger partial charge in [0.05, 0.1) is 19.8 Å². The second kappa shape index (κ2) is 7.06. The van der Waals surface area contributed by atoms with E-state index in [1.54, 1.807) is 26.2 Å². The zero-order valence-electron chi connectivity index (χ0n) is 13.0. The van der Waals surface area contributed by atoms with Gasteiger partial charge in [-0.15, -0.1) is 0 Å². The third-order valence-corrected chi connectivity index (χ3v) is 3.50. The summed E-state index contributed by atoms with van der Waals surface area (Å²) < 4.78 is 10.4. The molecule has 1 aromatic rings. The number of rotatable bonds is 5. The van der Waals surface area contributed by atoms with Gasteiger partial charge in [0, 0.05) is 5.71 Å². The number of urea groups is 1. The van der Waals surface area contributed by atoms with E-state index in [2.05, 4.69) is 10.3 Å². The summed E-state index contributed by atoms with van der Waals surface area (Å²) in [7, 11) is 1.57. The number of nitrogens with one attached hydrogen (secondary N) is 1. The molecule has 0 aliphatic carbocycles. The molecule has 0 saturated carbocycles. The lowest BCUT2D eigenvalue weighted by Gasteiger charge is -2.29. The summed E-state index contributed by atoms with van der Waals surface area (Å²) in [6.45, 7) is 3.95. The van der Waals surface area contributed by atoms with E-state index in [1.165, 1.54) is 0 Å². The molecule has 0 spiro atoms. The van der Waals surface area contributed by atoms with Gasteiger partial charge in [-0.1, -0.05) is 19.1 Å². The molecular formula is C16H20N2O4. The fraction of sp³-hybridized carbons (Fsp3) is 0.438. The molecule has 0 fully saturated rings. The van der Waals surface area contributed by atoms with Gasteiger partial charge in [0.2, 0.25) is 0 Å². The monoisotopic (exact) mass is 304 g/mol. The van der Waals surface area contributed by atoms with Crippen molar-refractivity contribution in [3.8, 4) is 5.75 Å². The first-order valence-corrected chi connectivity index (χ1v) is 7.23. The molecule has 0 bridgehead atoms. The normalized spacial score (nSPS) is 20.9. The predicted octanol–water partition coefficient (Wildman–Crippen LogP) is 2.49. The third kappa shape index (κ3) is 3.44. The molecule has 2 unspecified atom stereocenters. The molecule has 1 aliphatic rings. The molecular weight excluding hydrogens is 284 g/mol. The van der Waals surface area contributed by atoms with Gasteiger partial charge in [0.15, 0.2) is 0 Å². The number of amides is 2. The fourth-order valence-electron chi connectivity index (χ4n) is 2.43. The number of carbonyl (C=O) groups excluding carboxylic acids is 2. The minimum Gasteiger partial charge on any atom is -0.497 e. The molecule has 6 nitrogen and oxygen atoms in total. The highest BCUT2D eigenvalue weighted by Gasteiger charge is 2.38. The molecule has 1 N–H and O–H groups in total. The Hall–Kier alpha value is -2.37. The summed E-state index contributed by atoms with van der Waals surface area (Å²) in [4.78, 5) is 27.9. The standard InChI is InChI=1S/C16H20N2O4/c1-4-8-22-15(19)13-10(2)17-16(20)18-14(13)11-6-5-7-12(9-11)21-3/h5-7,9,13-14H,4,8H2,1-3H3,(H,18,20). The lowest BCUT2D eigenvalue weighted by Crippen LogP contribution is -2.44. The number of hydrogen-bond donors (Lipinski definition) is 1. The van der Waals surface area contributed by atoms with Crippen LogP contribution in [0.3, 0.4) is 0 Å². The molecule has 0 saturated heterocycles. The van der Waals surface area contributed by atoms with E-state index in [4.69, 9.17) is 9.47 Å². The van der Waals surface area contributed by atoms with Crippen molar-refractivity contribution in [1.82, 2.24) is 5.32 Å². The zero-order valence-corrected chi connectivity index (χ0v) is 13.0. The van der Waals surface area contributed by atoms with E-state index in [1.807, 2.05) is 19.1 Å². The van der Waals surface area contributed by atoms with E-state index >= 15 is 0 Å². The Morgan fingerprint density at radius 3 is 2.86 bits per heavy atom. The first-order chi connectivity index (χ1) is 10.6. The van der Waals surface area contributed by atoms with Crippen molar-refractivity contribution >= 4 is 17.7 Å². The third-order valence-electron chi connectivity index (χ3n) is 3.50. The molecule has 22 heavy (non-hydrogen) atoms. The maximum atomic E-state index is 12.3. The average molecular weight is 304 g/mol. The number of esters is 1. The summed E-state index contributed by atoms with van der Waals surface area (Å²) in [5, 5.41) is 2.74. The maximum absolute atomic E-state index is 12.3. The molecule has 2 atom stereocenters. The number of methoxy groups -OCH3 is 1. The van der Waals surface area contributed by atoms with Gasteiger partial charge in [-0.25, -0.2) is 9.79 Å². The largest absolute Gasteiger partial charge is 0.497 e. The van der Waals surface area contributed by atoms with Crippen LogP contribution in [-0.2, 0) is 9.53 Å². The molecule has 118 valence electrons. The van der Waals surface area contributed by atoms with Crippen LogP contribution in [0.1, 0.15) is 31.9 Å². The summed E-state index contributed by atoms with van der Waals surface area (Å²) in [5.41, 5.74) is 1.23. The lowest BCUT2D eigenvalue weighted by atomic mass is 9.88. The van der Waals surface area contributed by atoms with Crippen molar-refractivity contribution in [2.45, 2.75) is 26.3 Å². The molecule has 2 amide bonds. The highest BCUT2D eigenvalue weighted by atomic mass is 16.5. The fourth-order valence-corrected chi connectivity index (χ4v) is 2.43. The summed E-state index contributed by atoms with van der Waals surface area (Å²) in [6, 6.07) is 6.29. The van der Waals surface area contributed by atoms with E-state index in [9.17, 15) is 9.59 Å². The Bertz CT molecular complexity index is 598. The van der Waals surface area contributed by atoms with Crippen LogP contribution in [0.15, 0.2) is 29.3 Å². The number of hydrogen-bond acceptors (Lipinski definition) is 4. The van der Waals surface area contributed by atoms with Gasteiger partial charge in [0.25, 0.3) is 0 Å². The zero-order chi connectivity index (χ0) is 16.1. The van der Waals surface area contributed by atoms with Crippen LogP contribution in [0.2, 0.25) is 0 Å². The van der Waals surface area contributed by atoms with Crippen LogP contribution >= 0.6 is 0 Å². The Morgan fingerprint density at radius 1 is 1.41 bits per heavy atom. The van der Waals surface area contributed by atoms with Crippen molar-refractivity contribution in [2.24, 2.45) is 10.9 Å². The number of carbonyl (C=O) groups is 2. The molecule has 1 aliphatic heterocycles. The van der Waals surface area contributed by atoms with E-state index in [0.717, 1.165) is 12.0 Å². The van der Waals surface area contributed by atoms with Crippen LogP contribution in [0.5, 0.6) is 5.75 Å². The van der Waals surface area contributed by atoms with Crippen LogP contribution in [0.25, 0.3) is 0 Å². The first kappa shape index (κ1) is 16.0. The second-order valence-corrected chi connectivity index (χ2v) is 5.10. The smallest absolute Gasteiger partial charge is 0.341 e. The minimum atomic E-state index is -0.628. The predicted molar refractivity (Wildman–Crippen MR) is 82.1 cm³/mol. The van der Waals surface area contributed by atoms with Gasteiger partial charge < -0.3 is 14.8 Å². The number of aliphatic imine (C=N–C) groups is 1. The number of nitrogens with zero attached hydrogens (tertiary/aromatic N) is 1. The van der Waals surface area contributed by atoms with Crippen LogP contribution < -0.4 is 10.1 Å². The Balaban J connectivity index is 2.34. The van der Waals surface area contributed by atoms with Gasteiger partial charge in [-0.2, -0.15) is 0 Å². The SMILES string of the molecule is CCCOC(=O)C1C(C)=NC(=O)NC1c1cccc(OC)c1. The topological polar surface area (TPSA) is 77.0 Å². The van der Waals surface area contributed by atoms with Gasteiger partial charge in [-0.05, 0) is 31.0 Å². The molecule has 1 aromatic carbocycles. The maximum Gasteiger partial charge on any atom is 0.341 e. The van der Waals surface area contributed by atoms with Crippen molar-refractivity contribution in [3.63, 3.8) is 0 Å². The lowest BCUT2D eigenvalue weighted by molar-refractivity contribution is -0.147. The minimum absolute atomic E-state index is 0.349. The van der Waals surface area contributed by atoms with Crippen molar-refractivity contribution < 1.29 is 19.1 Å². The first-order valence-electron chi connectivity index (χ1n) is 7.23. The van der Waals surface area contributed by atoms with E-state index in [-0.39, 0.29) is 5.97 Å². The highest BCUT2D eigenvalue weighted by Crippen LogP contribution is 2.30. The van der Waals surface area contributed by atoms with Crippen LogP contribution in [0, 0.1) is 5.92 Å². The molecule has 1 heterocycles. The van der Waals surface area contributed by atoms with E-state index in [0.29, 0.717) is 18.1 Å². The Morgan fingerprint density at radius 2 is 2.18 bits per heavy atom. The molecule has 0 radical (unpaired) electrons. The quantitative estimate of drug-likeness (QED) is 0.848. The highest BCUT2D eigenvalue weighted by molar-refractivity contribution is 6.08. The number of benzene rings is 1. The van der Waals surface area contributed by atoms with Crippen LogP contribution in [-0.4, -0.2) is 31.4 Å². The summed E-state index contributed by atoms with van der Waals surface area (Å²) in [5.74, 6) is -0.347. The van der Waals surface area contributed by atoms with E-state index < -0.39 is 18.0 Å². The second-order valence-electron chi connectivity index (χ2n) is 5.10. The molecule has 2 rings (SSSR count). The van der Waals surface area contributed by atoms with Gasteiger partial charge in [-0.3, -0.25) is 4.79 Å². The van der Waals surface area contributed by atoms with Crippen molar-refractivity contribution in [2.75, 3.05) is 13.7 Å². The Kier molecular flexibility index (Phi) is 5.14. The molecule has 6 heteroatoms. The van der Waals surface area contributed by atoms with Gasteiger partial charge >= 0.3 is 12.0 Å². The van der Waals surface area contributed by atoms with Crippen LogP contribution in [0.4, 0.5) is 4.79 Å². The molecule has 0 aromatic heterocycles. The van der Waals surface area contributed by atoms with Crippen molar-refractivity contribution in [3.05, 3.63) is 29.8 Å². The summed E-state index contributed by atoms with van der Waals surface area (Å²) in [6.07, 6.45) is 0.741. The Labute approximate surface area is 129 Å². The number of ether oxygens (including phenoxy) is 2. The van der Waals surface area contributed by atoms with Gasteiger partial charge in [0.1, 0.15) is 11.7 Å². The van der Waals surface area contributed by atoms with Crippen molar-refractivity contribution in [1.29, 1.82) is 0 Å².